The van der Waals surface area contributed by atoms with Gasteiger partial charge in [-0.25, -0.2) is 14.3 Å². The van der Waals surface area contributed by atoms with Crippen LogP contribution < -0.4 is 5.69 Å². The quantitative estimate of drug-likeness (QED) is 0.693. The van der Waals surface area contributed by atoms with E-state index >= 15 is 0 Å². The molecule has 9 heteroatoms. The number of carbonyl (C=O) groups is 1. The maximum atomic E-state index is 13.3. The lowest BCUT2D eigenvalue weighted by Gasteiger charge is -2.21. The monoisotopic (exact) mass is 394 g/mol. The Balaban J connectivity index is 1.60. The van der Waals surface area contributed by atoms with Crippen LogP contribution in [0, 0.1) is 5.82 Å². The SMILES string of the molecule is CCN(Cc1cccc(F)c1)C(=O)CSc1n[nH]c(=O)n1CC1CCCO1. The molecule has 1 N–H and O–H groups in total. The average Bonchev–Trinajstić information content (AvgIpc) is 3.29. The first-order valence-corrected chi connectivity index (χ1v) is 9.97. The summed E-state index contributed by atoms with van der Waals surface area (Å²) in [5.74, 6) is -0.259. The number of ether oxygens (including phenoxy) is 1. The van der Waals surface area contributed by atoms with Gasteiger partial charge in [-0.05, 0) is 37.5 Å². The number of hydrogen-bond acceptors (Lipinski definition) is 5. The Bertz CT molecular complexity index is 832. The van der Waals surface area contributed by atoms with E-state index < -0.39 is 0 Å². The summed E-state index contributed by atoms with van der Waals surface area (Å²) in [4.78, 5) is 26.2. The van der Waals surface area contributed by atoms with Crippen molar-refractivity contribution in [2.24, 2.45) is 0 Å². The Morgan fingerprint density at radius 2 is 2.37 bits per heavy atom. The lowest BCUT2D eigenvalue weighted by Crippen LogP contribution is -2.32. The molecule has 2 heterocycles. The van der Waals surface area contributed by atoms with Crippen molar-refractivity contribution < 1.29 is 13.9 Å². The van der Waals surface area contributed by atoms with Crippen LogP contribution in [0.25, 0.3) is 0 Å². The molecule has 1 aliphatic heterocycles. The van der Waals surface area contributed by atoms with Crippen LogP contribution in [-0.4, -0.2) is 50.6 Å². The van der Waals surface area contributed by atoms with E-state index in [4.69, 9.17) is 4.74 Å². The van der Waals surface area contributed by atoms with Crippen molar-refractivity contribution in [1.29, 1.82) is 0 Å². The predicted octanol–water partition coefficient (Wildman–Crippen LogP) is 2.03. The van der Waals surface area contributed by atoms with E-state index in [1.807, 2.05) is 6.92 Å². The van der Waals surface area contributed by atoms with E-state index in [0.29, 0.717) is 31.4 Å². The van der Waals surface area contributed by atoms with Crippen LogP contribution in [0.4, 0.5) is 4.39 Å². The van der Waals surface area contributed by atoms with Gasteiger partial charge in [-0.1, -0.05) is 23.9 Å². The number of H-pyrrole nitrogens is 1. The van der Waals surface area contributed by atoms with Crippen molar-refractivity contribution >= 4 is 17.7 Å². The smallest absolute Gasteiger partial charge is 0.344 e. The van der Waals surface area contributed by atoms with E-state index in [2.05, 4.69) is 10.2 Å². The lowest BCUT2D eigenvalue weighted by molar-refractivity contribution is -0.128. The van der Waals surface area contributed by atoms with Gasteiger partial charge in [-0.3, -0.25) is 9.36 Å². The Morgan fingerprint density at radius 1 is 1.52 bits per heavy atom. The number of nitrogens with one attached hydrogen (secondary N) is 1. The molecule has 0 bridgehead atoms. The number of aromatic nitrogens is 3. The van der Waals surface area contributed by atoms with Gasteiger partial charge < -0.3 is 9.64 Å². The van der Waals surface area contributed by atoms with Crippen LogP contribution in [0.15, 0.2) is 34.2 Å². The summed E-state index contributed by atoms with van der Waals surface area (Å²) in [6, 6.07) is 6.22. The molecule has 1 saturated heterocycles. The molecule has 0 saturated carbocycles. The number of halogens is 1. The molecule has 3 rings (SSSR count). The van der Waals surface area contributed by atoms with Crippen LogP contribution in [0.1, 0.15) is 25.3 Å². The zero-order chi connectivity index (χ0) is 19.2. The highest BCUT2D eigenvalue weighted by molar-refractivity contribution is 7.99. The number of carbonyl (C=O) groups excluding carboxylic acids is 1. The summed E-state index contributed by atoms with van der Waals surface area (Å²) in [6.45, 7) is 3.89. The van der Waals surface area contributed by atoms with Gasteiger partial charge in [0.05, 0.1) is 18.4 Å². The first kappa shape index (κ1) is 19.6. The Labute approximate surface area is 160 Å². The molecule has 27 heavy (non-hydrogen) atoms. The van der Waals surface area contributed by atoms with Crippen LogP contribution in [0.5, 0.6) is 0 Å². The molecule has 1 fully saturated rings. The van der Waals surface area contributed by atoms with Crippen molar-refractivity contribution in [3.63, 3.8) is 0 Å². The number of hydrogen-bond donors (Lipinski definition) is 1. The van der Waals surface area contributed by atoms with Crippen LogP contribution in [-0.2, 0) is 22.6 Å². The highest BCUT2D eigenvalue weighted by Gasteiger charge is 2.21. The second-order valence-corrected chi connectivity index (χ2v) is 7.33. The largest absolute Gasteiger partial charge is 0.376 e. The first-order valence-electron chi connectivity index (χ1n) is 8.98. The third-order valence-electron chi connectivity index (χ3n) is 4.46. The summed E-state index contributed by atoms with van der Waals surface area (Å²) in [5, 5.41) is 6.94. The third kappa shape index (κ3) is 5.20. The minimum absolute atomic E-state index is 0.00969. The van der Waals surface area contributed by atoms with Gasteiger partial charge in [-0.15, -0.1) is 5.10 Å². The second kappa shape index (κ2) is 9.18. The normalized spacial score (nSPS) is 16.6. The maximum absolute atomic E-state index is 13.3. The van der Waals surface area contributed by atoms with Crippen molar-refractivity contribution in [2.75, 3.05) is 18.9 Å². The highest BCUT2D eigenvalue weighted by Crippen LogP contribution is 2.19. The number of rotatable bonds is 8. The fourth-order valence-electron chi connectivity index (χ4n) is 3.02. The van der Waals surface area contributed by atoms with Gasteiger partial charge in [0.1, 0.15) is 5.82 Å². The Kier molecular flexibility index (Phi) is 6.68. The molecule has 1 aromatic carbocycles. The summed E-state index contributed by atoms with van der Waals surface area (Å²) in [6.07, 6.45) is 1.91. The van der Waals surface area contributed by atoms with E-state index in [-0.39, 0.29) is 29.3 Å². The molecule has 7 nitrogen and oxygen atoms in total. The number of amides is 1. The summed E-state index contributed by atoms with van der Waals surface area (Å²) in [7, 11) is 0. The van der Waals surface area contributed by atoms with Crippen molar-refractivity contribution in [3.05, 3.63) is 46.1 Å². The minimum atomic E-state index is -0.319. The molecule has 1 aromatic heterocycles. The minimum Gasteiger partial charge on any atom is -0.376 e. The molecule has 1 amide bonds. The molecule has 0 spiro atoms. The fourth-order valence-corrected chi connectivity index (χ4v) is 3.87. The van der Waals surface area contributed by atoms with E-state index in [0.717, 1.165) is 18.4 Å². The molecule has 146 valence electrons. The van der Waals surface area contributed by atoms with Crippen LogP contribution >= 0.6 is 11.8 Å². The van der Waals surface area contributed by atoms with Gasteiger partial charge >= 0.3 is 5.69 Å². The lowest BCUT2D eigenvalue weighted by atomic mass is 10.2. The summed E-state index contributed by atoms with van der Waals surface area (Å²) >= 11 is 1.22. The summed E-state index contributed by atoms with van der Waals surface area (Å²) in [5.41, 5.74) is 0.442. The second-order valence-electron chi connectivity index (χ2n) is 6.38. The maximum Gasteiger partial charge on any atom is 0.344 e. The standard InChI is InChI=1S/C18H23FN4O3S/c1-2-22(10-13-5-3-6-14(19)9-13)16(24)12-27-18-21-20-17(25)23(18)11-15-7-4-8-26-15/h3,5-6,9,15H,2,4,7-8,10-12H2,1H3,(H,20,25). The molecule has 2 aromatic rings. The number of thioether (sulfide) groups is 1. The third-order valence-corrected chi connectivity index (χ3v) is 5.42. The van der Waals surface area contributed by atoms with Crippen LogP contribution in [0.2, 0.25) is 0 Å². The van der Waals surface area contributed by atoms with E-state index in [9.17, 15) is 14.0 Å². The molecular formula is C18H23FN4O3S. The van der Waals surface area contributed by atoms with Crippen molar-refractivity contribution in [2.45, 2.75) is 44.1 Å². The molecule has 1 unspecified atom stereocenters. The van der Waals surface area contributed by atoms with Crippen molar-refractivity contribution in [3.8, 4) is 0 Å². The number of aromatic amines is 1. The van der Waals surface area contributed by atoms with Gasteiger partial charge in [-0.2, -0.15) is 0 Å². The van der Waals surface area contributed by atoms with Crippen LogP contribution in [0.3, 0.4) is 0 Å². The van der Waals surface area contributed by atoms with Gasteiger partial charge in [0.25, 0.3) is 0 Å². The molecule has 1 aliphatic rings. The topological polar surface area (TPSA) is 80.2 Å². The predicted molar refractivity (Wildman–Crippen MR) is 100 cm³/mol. The molecule has 1 atom stereocenters. The number of benzene rings is 1. The Morgan fingerprint density at radius 3 is 3.07 bits per heavy atom. The Hall–Kier alpha value is -2.13. The van der Waals surface area contributed by atoms with E-state index in [1.165, 1.54) is 28.5 Å². The molecular weight excluding hydrogens is 371 g/mol. The first-order chi connectivity index (χ1) is 13.1. The summed E-state index contributed by atoms with van der Waals surface area (Å²) < 4.78 is 20.4. The van der Waals surface area contributed by atoms with Gasteiger partial charge in [0.15, 0.2) is 5.16 Å². The molecule has 0 radical (unpaired) electrons. The number of nitrogens with zero attached hydrogens (tertiary/aromatic N) is 3. The van der Waals surface area contributed by atoms with Gasteiger partial charge in [0.2, 0.25) is 5.91 Å². The zero-order valence-corrected chi connectivity index (χ0v) is 16.0. The molecule has 0 aliphatic carbocycles. The fraction of sp³-hybridized carbons (Fsp3) is 0.500. The zero-order valence-electron chi connectivity index (χ0n) is 15.2. The highest BCUT2D eigenvalue weighted by atomic mass is 32.2. The van der Waals surface area contributed by atoms with Gasteiger partial charge in [0, 0.05) is 19.7 Å². The average molecular weight is 394 g/mol. The van der Waals surface area contributed by atoms with Crippen molar-refractivity contribution in [1.82, 2.24) is 19.7 Å². The van der Waals surface area contributed by atoms with E-state index in [1.54, 1.807) is 17.0 Å².